The van der Waals surface area contributed by atoms with Crippen LogP contribution in [0.15, 0.2) is 112 Å². The topological polar surface area (TPSA) is 207 Å². The van der Waals surface area contributed by atoms with E-state index in [4.69, 9.17) is 26.2 Å². The molecule has 2 aliphatic heterocycles. The molecule has 2 aromatic carbocycles. The molecule has 0 spiro atoms. The monoisotopic (exact) mass is 697 g/mol. The third kappa shape index (κ3) is 8.08. The Balaban J connectivity index is 1.08. The fraction of sp³-hybridized carbons (Fsp3) is 0.211. The lowest BCUT2D eigenvalue weighted by molar-refractivity contribution is -0.115. The number of carbonyl (C=O) groups is 4. The highest BCUT2D eigenvalue weighted by Crippen LogP contribution is 2.32. The Morgan fingerprint density at radius 1 is 0.692 bits per heavy atom. The van der Waals surface area contributed by atoms with Gasteiger partial charge in [0.2, 0.25) is 11.8 Å². The number of primary amides is 2. The lowest BCUT2D eigenvalue weighted by Gasteiger charge is -2.33. The molecule has 6 N–H and O–H groups in total. The third-order valence-electron chi connectivity index (χ3n) is 8.94. The fourth-order valence-electron chi connectivity index (χ4n) is 6.27. The predicted octanol–water partition coefficient (Wildman–Crippen LogP) is 4.87. The average molecular weight is 698 g/mol. The van der Waals surface area contributed by atoms with E-state index in [9.17, 15) is 19.2 Å². The number of carbonyl (C=O) groups excluding carboxylic acids is 4. The minimum absolute atomic E-state index is 0.161. The van der Waals surface area contributed by atoms with Gasteiger partial charge in [-0.25, -0.2) is 19.6 Å². The number of ether oxygens (including phenoxy) is 1. The zero-order valence-electron chi connectivity index (χ0n) is 28.0. The molecule has 6 amide bonds. The number of aliphatic imine (C=N–C) groups is 2. The first-order valence-corrected chi connectivity index (χ1v) is 16.8. The molecule has 14 nitrogen and oxygen atoms in total. The molecule has 14 heteroatoms. The van der Waals surface area contributed by atoms with Gasteiger partial charge in [0.1, 0.15) is 5.82 Å². The van der Waals surface area contributed by atoms with Crippen LogP contribution in [0, 0.1) is 0 Å². The zero-order chi connectivity index (χ0) is 36.2. The Labute approximate surface area is 298 Å². The highest BCUT2D eigenvalue weighted by Gasteiger charge is 2.34. The highest BCUT2D eigenvalue weighted by atomic mass is 16.5. The minimum atomic E-state index is -0.542. The number of urea groups is 2. The maximum Gasteiger partial charge on any atom is 0.345 e. The molecule has 0 radical (unpaired) electrons. The summed E-state index contributed by atoms with van der Waals surface area (Å²) in [5, 5.41) is 5.55. The normalized spacial score (nSPS) is 20.7. The summed E-state index contributed by atoms with van der Waals surface area (Å²) in [5.41, 5.74) is 15.8. The molecular formula is C38H35N9O5. The number of benzene rings is 2. The molecule has 0 saturated carbocycles. The largest absolute Gasteiger partial charge is 0.371 e. The summed E-state index contributed by atoms with van der Waals surface area (Å²) >= 11 is 0. The highest BCUT2D eigenvalue weighted by molar-refractivity contribution is 6.10. The van der Waals surface area contributed by atoms with Crippen molar-refractivity contribution in [2.24, 2.45) is 21.5 Å². The van der Waals surface area contributed by atoms with E-state index in [-0.39, 0.29) is 12.2 Å². The molecule has 2 unspecified atom stereocenters. The van der Waals surface area contributed by atoms with Gasteiger partial charge < -0.3 is 31.7 Å². The summed E-state index contributed by atoms with van der Waals surface area (Å²) in [6, 6.07) is 15.4. The van der Waals surface area contributed by atoms with Crippen LogP contribution in [-0.4, -0.2) is 70.6 Å². The van der Waals surface area contributed by atoms with E-state index in [0.717, 1.165) is 42.9 Å². The van der Waals surface area contributed by atoms with Crippen LogP contribution < -0.4 is 27.0 Å². The van der Waals surface area contributed by atoms with Crippen LogP contribution in [0.4, 0.5) is 26.8 Å². The third-order valence-corrected chi connectivity index (χ3v) is 8.94. The van der Waals surface area contributed by atoms with E-state index in [2.05, 4.69) is 25.5 Å². The van der Waals surface area contributed by atoms with Gasteiger partial charge in [-0.1, -0.05) is 24.3 Å². The van der Waals surface area contributed by atoms with Gasteiger partial charge in [0.25, 0.3) is 0 Å². The summed E-state index contributed by atoms with van der Waals surface area (Å²) in [7, 11) is 0. The van der Waals surface area contributed by atoms with Gasteiger partial charge in [0.05, 0.1) is 17.9 Å². The number of hydrogen-bond acceptors (Lipinski definition) is 8. The molecule has 52 heavy (non-hydrogen) atoms. The van der Waals surface area contributed by atoms with Gasteiger partial charge >= 0.3 is 12.1 Å². The first-order chi connectivity index (χ1) is 25.1. The minimum Gasteiger partial charge on any atom is -0.371 e. The van der Waals surface area contributed by atoms with Crippen molar-refractivity contribution in [2.75, 3.05) is 28.6 Å². The van der Waals surface area contributed by atoms with Crippen molar-refractivity contribution in [1.82, 2.24) is 9.97 Å². The summed E-state index contributed by atoms with van der Waals surface area (Å²) in [6.45, 7) is 1.47. The quantitative estimate of drug-likeness (QED) is 0.267. The van der Waals surface area contributed by atoms with Gasteiger partial charge in [-0.05, 0) is 73.5 Å². The summed E-state index contributed by atoms with van der Waals surface area (Å²) in [4.78, 5) is 68.1. The molecule has 7 rings (SSSR count). The second kappa shape index (κ2) is 14.7. The number of aromatic nitrogens is 2. The van der Waals surface area contributed by atoms with Crippen LogP contribution in [0.25, 0.3) is 22.6 Å². The second-order valence-corrected chi connectivity index (χ2v) is 12.6. The van der Waals surface area contributed by atoms with Gasteiger partial charge in [0.15, 0.2) is 5.82 Å². The van der Waals surface area contributed by atoms with E-state index >= 15 is 0 Å². The van der Waals surface area contributed by atoms with Crippen LogP contribution in [-0.2, 0) is 14.3 Å². The lowest BCUT2D eigenvalue weighted by Crippen LogP contribution is -2.43. The average Bonchev–Trinajstić information content (AvgIpc) is 3.49. The molecule has 262 valence electrons. The molecule has 3 heterocycles. The van der Waals surface area contributed by atoms with Crippen LogP contribution in [0.2, 0.25) is 0 Å². The number of fused-ring (bicyclic) bond motifs is 2. The summed E-state index contributed by atoms with van der Waals surface area (Å²) in [5.74, 6) is 0.237. The van der Waals surface area contributed by atoms with Gasteiger partial charge in [-0.2, -0.15) is 9.98 Å². The van der Waals surface area contributed by atoms with Gasteiger partial charge in [-0.15, -0.1) is 0 Å². The van der Waals surface area contributed by atoms with E-state index in [1.807, 2.05) is 30.3 Å². The summed E-state index contributed by atoms with van der Waals surface area (Å²) < 4.78 is 6.07. The number of nitrogens with two attached hydrogens (primary N) is 2. The van der Waals surface area contributed by atoms with Crippen LogP contribution >= 0.6 is 0 Å². The van der Waals surface area contributed by atoms with Crippen LogP contribution in [0.5, 0.6) is 0 Å². The van der Waals surface area contributed by atoms with Crippen molar-refractivity contribution in [3.05, 3.63) is 102 Å². The van der Waals surface area contributed by atoms with Crippen LogP contribution in [0.3, 0.4) is 0 Å². The molecule has 2 atom stereocenters. The van der Waals surface area contributed by atoms with Crippen molar-refractivity contribution < 1.29 is 23.9 Å². The number of rotatable bonds is 7. The molecule has 4 aliphatic rings. The number of morpholine rings is 1. The van der Waals surface area contributed by atoms with Crippen molar-refractivity contribution in [2.45, 2.75) is 37.9 Å². The van der Waals surface area contributed by atoms with E-state index < -0.39 is 23.9 Å². The first-order valence-electron chi connectivity index (χ1n) is 16.8. The van der Waals surface area contributed by atoms with E-state index in [1.165, 1.54) is 6.08 Å². The van der Waals surface area contributed by atoms with Crippen molar-refractivity contribution >= 4 is 52.5 Å². The SMILES string of the molecule is NC(=O)C1=CCC(=NC(=O)Nc2ccc(-c3cc(N4CC5CCC(C4)O5)nc(-c4ccc(NC(=O)N=C5C=CC(C(N)=O)=CC5)cc4)n3)cc2)C=C1. The Morgan fingerprint density at radius 3 is 1.65 bits per heavy atom. The Kier molecular flexibility index (Phi) is 9.62. The molecule has 2 aliphatic carbocycles. The number of hydrogen-bond donors (Lipinski definition) is 4. The maximum atomic E-state index is 12.6. The van der Waals surface area contributed by atoms with E-state index in [1.54, 1.807) is 54.6 Å². The zero-order valence-corrected chi connectivity index (χ0v) is 28.0. The Bertz CT molecular complexity index is 1990. The van der Waals surface area contributed by atoms with Crippen molar-refractivity contribution in [1.29, 1.82) is 0 Å². The van der Waals surface area contributed by atoms with Crippen LogP contribution in [0.1, 0.15) is 25.7 Å². The first kappa shape index (κ1) is 33.9. The lowest BCUT2D eigenvalue weighted by atomic mass is 10.1. The Hall–Kier alpha value is -6.54. The predicted molar refractivity (Wildman–Crippen MR) is 198 cm³/mol. The molecular weight excluding hydrogens is 662 g/mol. The van der Waals surface area contributed by atoms with Gasteiger partial charge in [0, 0.05) is 77.1 Å². The fourth-order valence-corrected chi connectivity index (χ4v) is 6.27. The number of allylic oxidation sites excluding steroid dienone is 4. The number of nitrogens with zero attached hydrogens (tertiary/aromatic N) is 5. The smallest absolute Gasteiger partial charge is 0.345 e. The molecule has 2 fully saturated rings. The second-order valence-electron chi connectivity index (χ2n) is 12.6. The summed E-state index contributed by atoms with van der Waals surface area (Å²) in [6.07, 6.45) is 12.6. The standard InChI is InChI=1S/C38H35N9O5/c39-34(48)23-3-11-27(12-4-23)42-37(50)41-26-9-1-22(2-10-26)32-19-33(47-20-30-17-18-31(21-47)52-30)46-36(45-32)25-7-15-29(16-8-25)44-38(51)43-28-13-5-24(6-14-28)35(40)49/h1-11,13,15-16,19,30-31H,12,14,17-18,20-21H2,(H2,39,48)(H2,40,49)(H,41,50)(H,44,51). The van der Waals surface area contributed by atoms with Crippen molar-refractivity contribution in [3.8, 4) is 22.6 Å². The van der Waals surface area contributed by atoms with Gasteiger partial charge in [-0.3, -0.25) is 9.59 Å². The number of nitrogens with one attached hydrogen (secondary N) is 2. The maximum absolute atomic E-state index is 12.6. The molecule has 2 saturated heterocycles. The van der Waals surface area contributed by atoms with E-state index in [0.29, 0.717) is 58.3 Å². The molecule has 1 aromatic heterocycles. The molecule has 3 aromatic rings. The number of anilines is 3. The van der Waals surface area contributed by atoms with Crippen molar-refractivity contribution in [3.63, 3.8) is 0 Å². The number of amides is 6. The Morgan fingerprint density at radius 2 is 1.19 bits per heavy atom. The molecule has 2 bridgehead atoms.